The first-order chi connectivity index (χ1) is 13.9. The summed E-state index contributed by atoms with van der Waals surface area (Å²) in [6.07, 6.45) is 0.256. The zero-order valence-corrected chi connectivity index (χ0v) is 16.5. The number of benzene rings is 3. The van der Waals surface area contributed by atoms with Gasteiger partial charge in [-0.3, -0.25) is 9.59 Å². The summed E-state index contributed by atoms with van der Waals surface area (Å²) in [7, 11) is 0. The maximum absolute atomic E-state index is 14.0. The molecule has 0 spiro atoms. The van der Waals surface area contributed by atoms with Crippen LogP contribution >= 0.6 is 11.6 Å². The second-order valence-electron chi connectivity index (χ2n) is 6.64. The van der Waals surface area contributed by atoms with Gasteiger partial charge in [-0.15, -0.1) is 0 Å². The number of nitrogens with one attached hydrogen (secondary N) is 2. The van der Waals surface area contributed by atoms with Gasteiger partial charge < -0.3 is 10.6 Å². The van der Waals surface area contributed by atoms with E-state index in [2.05, 4.69) is 10.6 Å². The Bertz CT molecular complexity index is 1020. The molecule has 0 bridgehead atoms. The van der Waals surface area contributed by atoms with E-state index in [4.69, 9.17) is 11.6 Å². The number of rotatable bonds is 6. The molecule has 0 saturated heterocycles. The topological polar surface area (TPSA) is 58.2 Å². The average molecular weight is 411 g/mol. The SMILES string of the molecule is Cc1ccc(Cl)cc1NC(=O)[C@@H](Cc1ccccc1)NC(=O)c1ccccc1F. The average Bonchev–Trinajstić information content (AvgIpc) is 2.71. The number of hydrogen-bond donors (Lipinski definition) is 2. The van der Waals surface area contributed by atoms with E-state index in [1.807, 2.05) is 37.3 Å². The van der Waals surface area contributed by atoms with Crippen LogP contribution < -0.4 is 10.6 Å². The van der Waals surface area contributed by atoms with Crippen LogP contribution in [-0.4, -0.2) is 17.9 Å². The lowest BCUT2D eigenvalue weighted by molar-refractivity contribution is -0.118. The van der Waals surface area contributed by atoms with Crippen LogP contribution in [0.2, 0.25) is 5.02 Å². The van der Waals surface area contributed by atoms with Gasteiger partial charge in [-0.2, -0.15) is 0 Å². The van der Waals surface area contributed by atoms with Gasteiger partial charge in [-0.05, 0) is 42.3 Å². The van der Waals surface area contributed by atoms with Crippen LogP contribution in [-0.2, 0) is 11.2 Å². The summed E-state index contributed by atoms with van der Waals surface area (Å²) in [6, 6.07) is 19.2. The second-order valence-corrected chi connectivity index (χ2v) is 7.08. The standard InChI is InChI=1S/C23H20ClFN2O2/c1-15-11-12-17(24)14-20(15)26-23(29)21(13-16-7-3-2-4-8-16)27-22(28)18-9-5-6-10-19(18)25/h2-12,14,21H,13H2,1H3,(H,26,29)(H,27,28)/t21-/m1/s1. The fraction of sp³-hybridized carbons (Fsp3) is 0.130. The van der Waals surface area contributed by atoms with E-state index in [-0.39, 0.29) is 12.0 Å². The second kappa shape index (κ2) is 9.34. The highest BCUT2D eigenvalue weighted by Crippen LogP contribution is 2.20. The number of halogens is 2. The number of aryl methyl sites for hydroxylation is 1. The van der Waals surface area contributed by atoms with Gasteiger partial charge in [0.25, 0.3) is 5.91 Å². The lowest BCUT2D eigenvalue weighted by Crippen LogP contribution is -2.45. The third-order valence-corrected chi connectivity index (χ3v) is 4.72. The van der Waals surface area contributed by atoms with Crippen LogP contribution in [0.15, 0.2) is 72.8 Å². The van der Waals surface area contributed by atoms with Crippen LogP contribution in [0.1, 0.15) is 21.5 Å². The summed E-state index contributed by atoms with van der Waals surface area (Å²) in [5.74, 6) is -1.71. The van der Waals surface area contributed by atoms with Crippen LogP contribution in [0.4, 0.5) is 10.1 Å². The molecule has 0 unspecified atom stereocenters. The Hall–Kier alpha value is -3.18. The van der Waals surface area contributed by atoms with Crippen LogP contribution in [0, 0.1) is 12.7 Å². The maximum atomic E-state index is 14.0. The molecule has 0 aliphatic heterocycles. The Labute approximate surface area is 173 Å². The normalized spacial score (nSPS) is 11.6. The summed E-state index contributed by atoms with van der Waals surface area (Å²) in [6.45, 7) is 1.84. The molecule has 0 saturated carbocycles. The number of carbonyl (C=O) groups excluding carboxylic acids is 2. The van der Waals surface area contributed by atoms with E-state index in [0.29, 0.717) is 10.7 Å². The fourth-order valence-electron chi connectivity index (χ4n) is 2.89. The van der Waals surface area contributed by atoms with Crippen molar-refractivity contribution >= 4 is 29.1 Å². The van der Waals surface area contributed by atoms with E-state index >= 15 is 0 Å². The minimum atomic E-state index is -0.900. The number of carbonyl (C=O) groups is 2. The van der Waals surface area contributed by atoms with Crippen molar-refractivity contribution in [2.45, 2.75) is 19.4 Å². The summed E-state index contributed by atoms with van der Waals surface area (Å²) in [5, 5.41) is 5.95. The third-order valence-electron chi connectivity index (χ3n) is 4.48. The first kappa shape index (κ1) is 20.6. The van der Waals surface area contributed by atoms with Gasteiger partial charge in [0.1, 0.15) is 11.9 Å². The molecule has 4 nitrogen and oxygen atoms in total. The number of amides is 2. The van der Waals surface area contributed by atoms with E-state index in [0.717, 1.165) is 11.1 Å². The smallest absolute Gasteiger partial charge is 0.254 e. The number of anilines is 1. The number of hydrogen-bond acceptors (Lipinski definition) is 2. The van der Waals surface area contributed by atoms with E-state index < -0.39 is 23.7 Å². The Morgan fingerprint density at radius 3 is 2.41 bits per heavy atom. The highest BCUT2D eigenvalue weighted by molar-refractivity contribution is 6.31. The van der Waals surface area contributed by atoms with Crippen LogP contribution in [0.3, 0.4) is 0 Å². The Kier molecular flexibility index (Phi) is 6.62. The van der Waals surface area contributed by atoms with Crippen molar-refractivity contribution < 1.29 is 14.0 Å². The first-order valence-corrected chi connectivity index (χ1v) is 9.48. The molecule has 2 N–H and O–H groups in total. The van der Waals surface area contributed by atoms with Crippen LogP contribution in [0.5, 0.6) is 0 Å². The molecule has 0 aromatic heterocycles. The Balaban J connectivity index is 1.84. The monoisotopic (exact) mass is 410 g/mol. The molecule has 2 amide bonds. The van der Waals surface area contributed by atoms with Crippen LogP contribution in [0.25, 0.3) is 0 Å². The molecule has 3 aromatic carbocycles. The molecule has 3 rings (SSSR count). The molecule has 3 aromatic rings. The van der Waals surface area contributed by atoms with Crippen molar-refractivity contribution in [3.63, 3.8) is 0 Å². The van der Waals surface area contributed by atoms with Gasteiger partial charge in [-0.25, -0.2) is 4.39 Å². The third kappa shape index (κ3) is 5.42. The van der Waals surface area contributed by atoms with Crippen molar-refractivity contribution in [1.82, 2.24) is 5.32 Å². The molecule has 0 fully saturated rings. The van der Waals surface area contributed by atoms with Crippen molar-refractivity contribution in [1.29, 1.82) is 0 Å². The molecular weight excluding hydrogens is 391 g/mol. The zero-order chi connectivity index (χ0) is 20.8. The van der Waals surface area contributed by atoms with Gasteiger partial charge in [0.05, 0.1) is 5.56 Å². The lowest BCUT2D eigenvalue weighted by atomic mass is 10.0. The molecule has 1 atom stereocenters. The molecule has 0 aliphatic carbocycles. The minimum Gasteiger partial charge on any atom is -0.340 e. The summed E-state index contributed by atoms with van der Waals surface area (Å²) in [5.41, 5.74) is 2.14. The predicted molar refractivity (Wildman–Crippen MR) is 113 cm³/mol. The van der Waals surface area contributed by atoms with Crippen molar-refractivity contribution in [3.05, 3.63) is 100 Å². The van der Waals surface area contributed by atoms with Gasteiger partial charge in [-0.1, -0.05) is 60.1 Å². The zero-order valence-electron chi connectivity index (χ0n) is 15.8. The summed E-state index contributed by atoms with van der Waals surface area (Å²) >= 11 is 6.03. The first-order valence-electron chi connectivity index (χ1n) is 9.10. The highest BCUT2D eigenvalue weighted by Gasteiger charge is 2.23. The molecule has 6 heteroatoms. The fourth-order valence-corrected chi connectivity index (χ4v) is 3.06. The molecule has 0 radical (unpaired) electrons. The van der Waals surface area contributed by atoms with Crippen molar-refractivity contribution in [2.75, 3.05) is 5.32 Å². The van der Waals surface area contributed by atoms with Crippen molar-refractivity contribution in [2.24, 2.45) is 0 Å². The predicted octanol–water partition coefficient (Wildman–Crippen LogP) is 4.77. The van der Waals surface area contributed by atoms with E-state index in [1.165, 1.54) is 18.2 Å². The molecule has 148 valence electrons. The van der Waals surface area contributed by atoms with E-state index in [1.54, 1.807) is 24.3 Å². The molecular formula is C23H20ClFN2O2. The maximum Gasteiger partial charge on any atom is 0.254 e. The summed E-state index contributed by atoms with van der Waals surface area (Å²) in [4.78, 5) is 25.6. The summed E-state index contributed by atoms with van der Waals surface area (Å²) < 4.78 is 14.0. The lowest BCUT2D eigenvalue weighted by Gasteiger charge is -2.20. The van der Waals surface area contributed by atoms with Gasteiger partial charge >= 0.3 is 0 Å². The van der Waals surface area contributed by atoms with E-state index in [9.17, 15) is 14.0 Å². The minimum absolute atomic E-state index is 0.114. The van der Waals surface area contributed by atoms with Gasteiger partial charge in [0.2, 0.25) is 5.91 Å². The van der Waals surface area contributed by atoms with Gasteiger partial charge in [0.15, 0.2) is 0 Å². The van der Waals surface area contributed by atoms with Gasteiger partial charge in [0, 0.05) is 17.1 Å². The molecule has 29 heavy (non-hydrogen) atoms. The molecule has 0 aliphatic rings. The molecule has 0 heterocycles. The largest absolute Gasteiger partial charge is 0.340 e. The highest BCUT2D eigenvalue weighted by atomic mass is 35.5. The van der Waals surface area contributed by atoms with Crippen molar-refractivity contribution in [3.8, 4) is 0 Å². The Morgan fingerprint density at radius 1 is 1.00 bits per heavy atom. The quantitative estimate of drug-likeness (QED) is 0.615. The Morgan fingerprint density at radius 2 is 1.69 bits per heavy atom.